The molecule has 0 amide bonds. The molecule has 0 atom stereocenters. The molecule has 1 nitrogen and oxygen atoms in total. The van der Waals surface area contributed by atoms with E-state index in [-0.39, 0.29) is 0 Å². The highest BCUT2D eigenvalue weighted by Crippen LogP contribution is 2.38. The Morgan fingerprint density at radius 2 is 1.27 bits per heavy atom. The van der Waals surface area contributed by atoms with Crippen molar-refractivity contribution < 1.29 is 0 Å². The number of para-hydroxylation sites is 1. The number of benzene rings is 4. The summed E-state index contributed by atoms with van der Waals surface area (Å²) in [5.41, 5.74) is 5.70. The Bertz CT molecular complexity index is 1040. The maximum absolute atomic E-state index is 4.04. The van der Waals surface area contributed by atoms with E-state index in [4.69, 9.17) is 0 Å². The van der Waals surface area contributed by atoms with E-state index < -0.39 is 0 Å². The van der Waals surface area contributed by atoms with Crippen molar-refractivity contribution in [2.24, 2.45) is 0 Å². The zero-order valence-electron chi connectivity index (χ0n) is 14.9. The van der Waals surface area contributed by atoms with Crippen molar-refractivity contribution in [2.45, 2.75) is 6.92 Å². The first-order valence-electron chi connectivity index (χ1n) is 8.83. The molecule has 4 aromatic carbocycles. The molecule has 1 heteroatoms. The van der Waals surface area contributed by atoms with Gasteiger partial charge in [0.2, 0.25) is 0 Å². The van der Waals surface area contributed by atoms with Crippen molar-refractivity contribution in [3.8, 4) is 0 Å². The van der Waals surface area contributed by atoms with Crippen molar-refractivity contribution in [3.63, 3.8) is 0 Å². The maximum Gasteiger partial charge on any atom is 0.0540 e. The summed E-state index contributed by atoms with van der Waals surface area (Å²) in [5.74, 6) is 0. The molecule has 0 aromatic heterocycles. The van der Waals surface area contributed by atoms with Crippen LogP contribution in [0.5, 0.6) is 0 Å². The van der Waals surface area contributed by atoms with Crippen LogP contribution in [0.4, 0.5) is 17.1 Å². The summed E-state index contributed by atoms with van der Waals surface area (Å²) in [4.78, 5) is 2.31. The van der Waals surface area contributed by atoms with E-state index in [1.807, 2.05) is 6.92 Å². The zero-order valence-corrected chi connectivity index (χ0v) is 14.9. The van der Waals surface area contributed by atoms with Crippen molar-refractivity contribution in [2.75, 3.05) is 4.90 Å². The van der Waals surface area contributed by atoms with Crippen LogP contribution in [0.15, 0.2) is 104 Å². The van der Waals surface area contributed by atoms with E-state index in [2.05, 4.69) is 109 Å². The molecule has 126 valence electrons. The van der Waals surface area contributed by atoms with Crippen molar-refractivity contribution >= 4 is 33.4 Å². The average molecular weight is 335 g/mol. The fraction of sp³-hybridized carbons (Fsp3) is 0.0400. The van der Waals surface area contributed by atoms with Crippen LogP contribution in [0.1, 0.15) is 12.5 Å². The standard InChI is InChI=1S/C25H21N/c1-19(2)20-15-17-23(18-16-20)26(22-11-4-3-5-12-22)25-14-8-10-21-9-6-7-13-24(21)25/h3-18H,1H2,2H3. The summed E-state index contributed by atoms with van der Waals surface area (Å²) in [6.07, 6.45) is 0. The minimum Gasteiger partial charge on any atom is -0.310 e. The summed E-state index contributed by atoms with van der Waals surface area (Å²) in [6, 6.07) is 34.1. The van der Waals surface area contributed by atoms with Gasteiger partial charge in [-0.25, -0.2) is 0 Å². The van der Waals surface area contributed by atoms with Gasteiger partial charge in [-0.1, -0.05) is 78.9 Å². The third kappa shape index (κ3) is 3.00. The quantitative estimate of drug-likeness (QED) is 0.377. The first kappa shape index (κ1) is 16.2. The second-order valence-corrected chi connectivity index (χ2v) is 6.50. The molecule has 0 N–H and O–H groups in total. The average Bonchev–Trinajstić information content (AvgIpc) is 2.70. The lowest BCUT2D eigenvalue weighted by Gasteiger charge is -2.27. The van der Waals surface area contributed by atoms with Crippen LogP contribution in [-0.4, -0.2) is 0 Å². The molecule has 4 aromatic rings. The molecule has 0 fully saturated rings. The van der Waals surface area contributed by atoms with Gasteiger partial charge in [-0.3, -0.25) is 0 Å². The number of rotatable bonds is 4. The molecule has 4 rings (SSSR count). The van der Waals surface area contributed by atoms with Gasteiger partial charge in [-0.05, 0) is 48.2 Å². The topological polar surface area (TPSA) is 3.24 Å². The fourth-order valence-corrected chi connectivity index (χ4v) is 3.30. The van der Waals surface area contributed by atoms with Gasteiger partial charge in [0.1, 0.15) is 0 Å². The fourth-order valence-electron chi connectivity index (χ4n) is 3.30. The highest BCUT2D eigenvalue weighted by Gasteiger charge is 2.14. The van der Waals surface area contributed by atoms with E-state index in [1.165, 1.54) is 22.0 Å². The summed E-state index contributed by atoms with van der Waals surface area (Å²) in [6.45, 7) is 6.08. The lowest BCUT2D eigenvalue weighted by atomic mass is 10.0. The van der Waals surface area contributed by atoms with Gasteiger partial charge in [0.25, 0.3) is 0 Å². The number of hydrogen-bond acceptors (Lipinski definition) is 1. The van der Waals surface area contributed by atoms with Crippen molar-refractivity contribution in [1.29, 1.82) is 0 Å². The molecule has 0 aliphatic rings. The van der Waals surface area contributed by atoms with Crippen LogP contribution >= 0.6 is 0 Å². The molecule has 0 aliphatic carbocycles. The summed E-state index contributed by atoms with van der Waals surface area (Å²) in [5, 5.41) is 2.48. The van der Waals surface area contributed by atoms with Crippen LogP contribution in [0, 0.1) is 0 Å². The van der Waals surface area contributed by atoms with Crippen molar-refractivity contribution in [3.05, 3.63) is 109 Å². The normalized spacial score (nSPS) is 10.7. The highest BCUT2D eigenvalue weighted by molar-refractivity contribution is 5.98. The summed E-state index contributed by atoms with van der Waals surface area (Å²) in [7, 11) is 0. The van der Waals surface area contributed by atoms with Crippen LogP contribution in [-0.2, 0) is 0 Å². The predicted octanol–water partition coefficient (Wildman–Crippen LogP) is 7.34. The third-order valence-corrected chi connectivity index (χ3v) is 4.64. The molecule has 0 saturated carbocycles. The third-order valence-electron chi connectivity index (χ3n) is 4.64. The Hall–Kier alpha value is -3.32. The van der Waals surface area contributed by atoms with E-state index in [0.29, 0.717) is 0 Å². The molecule has 0 bridgehead atoms. The Morgan fingerprint density at radius 3 is 2.00 bits per heavy atom. The second kappa shape index (κ2) is 6.89. The monoisotopic (exact) mass is 335 g/mol. The Labute approximate surface area is 154 Å². The smallest absolute Gasteiger partial charge is 0.0540 e. The van der Waals surface area contributed by atoms with Gasteiger partial charge in [-0.15, -0.1) is 0 Å². The van der Waals surface area contributed by atoms with Crippen LogP contribution in [0.3, 0.4) is 0 Å². The molecular formula is C25H21N. The number of hydrogen-bond donors (Lipinski definition) is 0. The number of fused-ring (bicyclic) bond motifs is 1. The van der Waals surface area contributed by atoms with E-state index in [0.717, 1.165) is 16.9 Å². The Morgan fingerprint density at radius 1 is 0.654 bits per heavy atom. The lowest BCUT2D eigenvalue weighted by Crippen LogP contribution is -2.10. The summed E-state index contributed by atoms with van der Waals surface area (Å²) < 4.78 is 0. The van der Waals surface area contributed by atoms with Gasteiger partial charge in [0.05, 0.1) is 5.69 Å². The number of allylic oxidation sites excluding steroid dienone is 1. The molecule has 0 saturated heterocycles. The Kier molecular flexibility index (Phi) is 4.28. The van der Waals surface area contributed by atoms with E-state index >= 15 is 0 Å². The van der Waals surface area contributed by atoms with Crippen molar-refractivity contribution in [1.82, 2.24) is 0 Å². The first-order chi connectivity index (χ1) is 12.7. The van der Waals surface area contributed by atoms with Gasteiger partial charge in [0.15, 0.2) is 0 Å². The van der Waals surface area contributed by atoms with Crippen LogP contribution < -0.4 is 4.90 Å². The minimum atomic E-state index is 1.08. The molecular weight excluding hydrogens is 314 g/mol. The largest absolute Gasteiger partial charge is 0.310 e. The molecule has 0 unspecified atom stereocenters. The van der Waals surface area contributed by atoms with Gasteiger partial charge in [-0.2, -0.15) is 0 Å². The lowest BCUT2D eigenvalue weighted by molar-refractivity contribution is 1.29. The minimum absolute atomic E-state index is 1.08. The summed E-state index contributed by atoms with van der Waals surface area (Å²) >= 11 is 0. The van der Waals surface area contributed by atoms with Gasteiger partial charge in [0, 0.05) is 16.8 Å². The van der Waals surface area contributed by atoms with Gasteiger partial charge >= 0.3 is 0 Å². The highest BCUT2D eigenvalue weighted by atomic mass is 15.1. The molecule has 0 radical (unpaired) electrons. The van der Waals surface area contributed by atoms with Gasteiger partial charge < -0.3 is 4.90 Å². The van der Waals surface area contributed by atoms with Crippen LogP contribution in [0.2, 0.25) is 0 Å². The molecule has 0 aliphatic heterocycles. The molecule has 0 heterocycles. The zero-order chi connectivity index (χ0) is 17.9. The Balaban J connectivity index is 1.93. The maximum atomic E-state index is 4.04. The SMILES string of the molecule is C=C(C)c1ccc(N(c2ccccc2)c2cccc3ccccc23)cc1. The molecule has 0 spiro atoms. The number of anilines is 3. The molecule has 26 heavy (non-hydrogen) atoms. The van der Waals surface area contributed by atoms with Crippen LogP contribution in [0.25, 0.3) is 16.3 Å². The number of nitrogens with zero attached hydrogens (tertiary/aromatic N) is 1. The predicted molar refractivity (Wildman–Crippen MR) is 113 cm³/mol. The van der Waals surface area contributed by atoms with E-state index in [9.17, 15) is 0 Å². The van der Waals surface area contributed by atoms with E-state index in [1.54, 1.807) is 0 Å². The first-order valence-corrected chi connectivity index (χ1v) is 8.83. The second-order valence-electron chi connectivity index (χ2n) is 6.50.